The van der Waals surface area contributed by atoms with E-state index in [1.807, 2.05) is 0 Å². The van der Waals surface area contributed by atoms with Crippen molar-refractivity contribution in [1.29, 1.82) is 0 Å². The lowest BCUT2D eigenvalue weighted by Crippen LogP contribution is -2.27. The van der Waals surface area contributed by atoms with Gasteiger partial charge >= 0.3 is 5.97 Å². The lowest BCUT2D eigenvalue weighted by Gasteiger charge is -2.18. The fourth-order valence-corrected chi connectivity index (χ4v) is 2.13. The number of amides is 1. The van der Waals surface area contributed by atoms with Gasteiger partial charge in [-0.15, -0.1) is 0 Å². The molecule has 3 N–H and O–H groups in total. The first-order valence-corrected chi connectivity index (χ1v) is 5.80. The number of pyridine rings is 1. The van der Waals surface area contributed by atoms with Gasteiger partial charge in [-0.3, -0.25) is 4.79 Å². The number of nitrogens with zero attached hydrogens (tertiary/aromatic N) is 2. The number of hydrogen-bond acceptors (Lipinski definition) is 4. The van der Waals surface area contributed by atoms with Crippen LogP contribution in [0.25, 0.3) is 0 Å². The standard InChI is InChI=1S/C11H12ClN3O3/c12-9-2-8(7(4-14-9)11(17)18)15-5-6(3-13)1-10(15)16/h2,4,6H,1,3,5,13H2,(H,17,18). The molecule has 0 aromatic carbocycles. The fraction of sp³-hybridized carbons (Fsp3) is 0.364. The highest BCUT2D eigenvalue weighted by molar-refractivity contribution is 6.30. The van der Waals surface area contributed by atoms with E-state index in [2.05, 4.69) is 4.98 Å². The molecule has 2 rings (SSSR count). The number of rotatable bonds is 3. The number of carbonyl (C=O) groups is 2. The van der Waals surface area contributed by atoms with Crippen LogP contribution in [0.5, 0.6) is 0 Å². The second kappa shape index (κ2) is 4.91. The van der Waals surface area contributed by atoms with E-state index in [0.29, 0.717) is 19.5 Å². The van der Waals surface area contributed by atoms with Gasteiger partial charge in [-0.2, -0.15) is 0 Å². The van der Waals surface area contributed by atoms with Gasteiger partial charge < -0.3 is 15.7 Å². The Morgan fingerprint density at radius 1 is 1.67 bits per heavy atom. The van der Waals surface area contributed by atoms with Crippen molar-refractivity contribution in [3.8, 4) is 0 Å². The minimum Gasteiger partial charge on any atom is -0.478 e. The molecule has 0 saturated carbocycles. The van der Waals surface area contributed by atoms with E-state index >= 15 is 0 Å². The number of carboxylic acid groups (broad SMARTS) is 1. The van der Waals surface area contributed by atoms with Crippen molar-refractivity contribution in [2.24, 2.45) is 11.7 Å². The van der Waals surface area contributed by atoms with Crippen LogP contribution in [0.4, 0.5) is 5.69 Å². The quantitative estimate of drug-likeness (QED) is 0.789. The molecule has 1 aromatic rings. The Bertz CT molecular complexity index is 506. The minimum absolute atomic E-state index is 0.0366. The second-order valence-electron chi connectivity index (χ2n) is 4.14. The average molecular weight is 270 g/mol. The van der Waals surface area contributed by atoms with Crippen LogP contribution >= 0.6 is 11.6 Å². The Balaban J connectivity index is 2.41. The summed E-state index contributed by atoms with van der Waals surface area (Å²) in [7, 11) is 0. The van der Waals surface area contributed by atoms with E-state index < -0.39 is 5.97 Å². The van der Waals surface area contributed by atoms with Gasteiger partial charge in [0.1, 0.15) is 10.7 Å². The van der Waals surface area contributed by atoms with E-state index in [1.54, 1.807) is 0 Å². The van der Waals surface area contributed by atoms with E-state index in [1.165, 1.54) is 11.0 Å². The average Bonchev–Trinajstić information content (AvgIpc) is 2.70. The minimum atomic E-state index is -1.14. The van der Waals surface area contributed by atoms with Crippen molar-refractivity contribution in [2.75, 3.05) is 18.0 Å². The van der Waals surface area contributed by atoms with Crippen molar-refractivity contribution < 1.29 is 14.7 Å². The molecule has 96 valence electrons. The molecule has 0 aliphatic carbocycles. The summed E-state index contributed by atoms with van der Waals surface area (Å²) >= 11 is 5.75. The molecule has 1 saturated heterocycles. The Morgan fingerprint density at radius 2 is 2.39 bits per heavy atom. The van der Waals surface area contributed by atoms with Crippen LogP contribution in [-0.4, -0.2) is 35.1 Å². The monoisotopic (exact) mass is 269 g/mol. The third kappa shape index (κ3) is 2.30. The number of hydrogen-bond donors (Lipinski definition) is 2. The molecule has 2 heterocycles. The number of aromatic carboxylic acids is 1. The number of aromatic nitrogens is 1. The normalized spacial score (nSPS) is 19.3. The van der Waals surface area contributed by atoms with Crippen molar-refractivity contribution >= 4 is 29.2 Å². The largest absolute Gasteiger partial charge is 0.478 e. The molecule has 1 unspecified atom stereocenters. The third-order valence-electron chi connectivity index (χ3n) is 2.91. The highest BCUT2D eigenvalue weighted by atomic mass is 35.5. The van der Waals surface area contributed by atoms with Crippen LogP contribution in [0.2, 0.25) is 5.15 Å². The van der Waals surface area contributed by atoms with Gasteiger partial charge in [0.2, 0.25) is 5.91 Å². The molecule has 1 atom stereocenters. The number of halogens is 1. The van der Waals surface area contributed by atoms with Crippen molar-refractivity contribution in [1.82, 2.24) is 4.98 Å². The Kier molecular flexibility index (Phi) is 3.49. The molecule has 18 heavy (non-hydrogen) atoms. The van der Waals surface area contributed by atoms with Gasteiger partial charge in [-0.1, -0.05) is 11.6 Å². The predicted octanol–water partition coefficient (Wildman–Crippen LogP) is 0.745. The molecule has 1 aliphatic heterocycles. The molecule has 1 aliphatic rings. The Morgan fingerprint density at radius 3 is 2.94 bits per heavy atom. The molecule has 1 aromatic heterocycles. The number of carbonyl (C=O) groups excluding carboxylic acids is 1. The molecule has 7 heteroatoms. The maximum atomic E-state index is 11.8. The summed E-state index contributed by atoms with van der Waals surface area (Å²) < 4.78 is 0. The zero-order chi connectivity index (χ0) is 13.3. The van der Waals surface area contributed by atoms with E-state index in [0.717, 1.165) is 6.20 Å². The third-order valence-corrected chi connectivity index (χ3v) is 3.12. The maximum Gasteiger partial charge on any atom is 0.339 e. The SMILES string of the molecule is NCC1CC(=O)N(c2cc(Cl)ncc2C(=O)O)C1. The van der Waals surface area contributed by atoms with Crippen LogP contribution in [0.1, 0.15) is 16.8 Å². The molecule has 1 amide bonds. The predicted molar refractivity (Wildman–Crippen MR) is 65.7 cm³/mol. The zero-order valence-electron chi connectivity index (χ0n) is 9.47. The zero-order valence-corrected chi connectivity index (χ0v) is 10.2. The first-order chi connectivity index (χ1) is 8.52. The van der Waals surface area contributed by atoms with E-state index in [-0.39, 0.29) is 28.2 Å². The molecule has 0 spiro atoms. The summed E-state index contributed by atoms with van der Waals surface area (Å²) in [5.41, 5.74) is 5.77. The van der Waals surface area contributed by atoms with Crippen molar-refractivity contribution in [3.05, 3.63) is 23.0 Å². The first kappa shape index (κ1) is 12.8. The smallest absolute Gasteiger partial charge is 0.339 e. The summed E-state index contributed by atoms with van der Waals surface area (Å²) in [6, 6.07) is 1.39. The summed E-state index contributed by atoms with van der Waals surface area (Å²) in [4.78, 5) is 28.1. The highest BCUT2D eigenvalue weighted by Gasteiger charge is 2.32. The van der Waals surface area contributed by atoms with E-state index in [9.17, 15) is 9.59 Å². The topological polar surface area (TPSA) is 96.5 Å². The van der Waals surface area contributed by atoms with Crippen molar-refractivity contribution in [3.63, 3.8) is 0 Å². The summed E-state index contributed by atoms with van der Waals surface area (Å²) in [5, 5.41) is 9.23. The molecule has 6 nitrogen and oxygen atoms in total. The Labute approximate surface area is 108 Å². The van der Waals surface area contributed by atoms with Crippen LogP contribution in [0, 0.1) is 5.92 Å². The van der Waals surface area contributed by atoms with Crippen LogP contribution < -0.4 is 10.6 Å². The van der Waals surface area contributed by atoms with Gasteiger partial charge in [-0.05, 0) is 12.5 Å². The van der Waals surface area contributed by atoms with Crippen molar-refractivity contribution in [2.45, 2.75) is 6.42 Å². The summed E-state index contributed by atoms with van der Waals surface area (Å²) in [6.07, 6.45) is 1.48. The fourth-order valence-electron chi connectivity index (χ4n) is 1.98. The van der Waals surface area contributed by atoms with Gasteiger partial charge in [0.25, 0.3) is 0 Å². The number of anilines is 1. The lowest BCUT2D eigenvalue weighted by atomic mass is 10.1. The summed E-state index contributed by atoms with van der Waals surface area (Å²) in [5.74, 6) is -1.24. The van der Waals surface area contributed by atoms with Gasteiger partial charge in [0.05, 0.1) is 5.69 Å². The number of carboxylic acids is 1. The van der Waals surface area contributed by atoms with Gasteiger partial charge in [-0.25, -0.2) is 9.78 Å². The molecular weight excluding hydrogens is 258 g/mol. The highest BCUT2D eigenvalue weighted by Crippen LogP contribution is 2.29. The summed E-state index contributed by atoms with van der Waals surface area (Å²) in [6.45, 7) is 0.805. The van der Waals surface area contributed by atoms with Gasteiger partial charge in [0.15, 0.2) is 0 Å². The molecule has 1 fully saturated rings. The maximum absolute atomic E-state index is 11.8. The Hall–Kier alpha value is -1.66. The molecule has 0 radical (unpaired) electrons. The molecule has 0 bridgehead atoms. The van der Waals surface area contributed by atoms with Crippen LogP contribution in [0.3, 0.4) is 0 Å². The van der Waals surface area contributed by atoms with Crippen LogP contribution in [-0.2, 0) is 4.79 Å². The van der Waals surface area contributed by atoms with Crippen LogP contribution in [0.15, 0.2) is 12.3 Å². The molecular formula is C11H12ClN3O3. The van der Waals surface area contributed by atoms with Gasteiger partial charge in [0, 0.05) is 25.2 Å². The second-order valence-corrected chi connectivity index (χ2v) is 4.53. The lowest BCUT2D eigenvalue weighted by molar-refractivity contribution is -0.117. The van der Waals surface area contributed by atoms with E-state index in [4.69, 9.17) is 22.4 Å². The first-order valence-electron chi connectivity index (χ1n) is 5.42. The number of nitrogens with two attached hydrogens (primary N) is 1.